The van der Waals surface area contributed by atoms with Gasteiger partial charge in [0.15, 0.2) is 0 Å². The SMILES string of the molecule is CC(C)NC(=O)c1cc2ccccc2c(=O)n1CC1CCCCC1. The highest BCUT2D eigenvalue weighted by Crippen LogP contribution is 2.25. The zero-order valence-electron chi connectivity index (χ0n) is 14.5. The maximum atomic E-state index is 13.0. The number of nitrogens with zero attached hydrogens (tertiary/aromatic N) is 1. The van der Waals surface area contributed by atoms with Crippen LogP contribution in [0.25, 0.3) is 10.8 Å². The van der Waals surface area contributed by atoms with Crippen molar-refractivity contribution >= 4 is 16.7 Å². The summed E-state index contributed by atoms with van der Waals surface area (Å²) in [6.45, 7) is 4.51. The first-order valence-corrected chi connectivity index (χ1v) is 8.99. The lowest BCUT2D eigenvalue weighted by molar-refractivity contribution is 0.0930. The summed E-state index contributed by atoms with van der Waals surface area (Å²) in [5.74, 6) is 0.326. The molecule has 0 aliphatic heterocycles. The van der Waals surface area contributed by atoms with E-state index in [0.29, 0.717) is 23.5 Å². The normalized spacial score (nSPS) is 15.8. The molecular formula is C20H26N2O2. The van der Waals surface area contributed by atoms with E-state index >= 15 is 0 Å². The summed E-state index contributed by atoms with van der Waals surface area (Å²) in [6.07, 6.45) is 6.01. The summed E-state index contributed by atoms with van der Waals surface area (Å²) < 4.78 is 1.70. The average Bonchev–Trinajstić information content (AvgIpc) is 2.57. The highest BCUT2D eigenvalue weighted by molar-refractivity contribution is 5.96. The molecule has 0 spiro atoms. The van der Waals surface area contributed by atoms with E-state index in [1.165, 1.54) is 19.3 Å². The molecule has 1 amide bonds. The number of aromatic nitrogens is 1. The first kappa shape index (κ1) is 16.7. The van der Waals surface area contributed by atoms with Gasteiger partial charge in [-0.3, -0.25) is 9.59 Å². The summed E-state index contributed by atoms with van der Waals surface area (Å²) in [5.41, 5.74) is 0.436. The lowest BCUT2D eigenvalue weighted by Gasteiger charge is -2.24. The number of nitrogens with one attached hydrogen (secondary N) is 1. The Bertz CT molecular complexity index is 786. The predicted octanol–water partition coefficient (Wildman–Crippen LogP) is 3.72. The molecule has 1 saturated carbocycles. The molecule has 0 atom stereocenters. The van der Waals surface area contributed by atoms with Crippen LogP contribution in [-0.2, 0) is 6.54 Å². The summed E-state index contributed by atoms with van der Waals surface area (Å²) >= 11 is 0. The van der Waals surface area contributed by atoms with E-state index in [4.69, 9.17) is 0 Å². The van der Waals surface area contributed by atoms with Gasteiger partial charge in [0, 0.05) is 18.0 Å². The summed E-state index contributed by atoms with van der Waals surface area (Å²) in [7, 11) is 0. The van der Waals surface area contributed by atoms with Crippen LogP contribution in [0.2, 0.25) is 0 Å². The van der Waals surface area contributed by atoms with Crippen molar-refractivity contribution in [2.24, 2.45) is 5.92 Å². The maximum Gasteiger partial charge on any atom is 0.268 e. The molecule has 24 heavy (non-hydrogen) atoms. The summed E-state index contributed by atoms with van der Waals surface area (Å²) in [5, 5.41) is 4.45. The molecule has 0 radical (unpaired) electrons. The van der Waals surface area contributed by atoms with Gasteiger partial charge in [0.2, 0.25) is 0 Å². The van der Waals surface area contributed by atoms with E-state index in [2.05, 4.69) is 5.32 Å². The van der Waals surface area contributed by atoms with Crippen LogP contribution in [0, 0.1) is 5.92 Å². The van der Waals surface area contributed by atoms with E-state index in [9.17, 15) is 9.59 Å². The quantitative estimate of drug-likeness (QED) is 0.931. The van der Waals surface area contributed by atoms with Crippen LogP contribution in [0.3, 0.4) is 0 Å². The Morgan fingerprint density at radius 3 is 2.62 bits per heavy atom. The second kappa shape index (κ2) is 7.20. The van der Waals surface area contributed by atoms with Crippen LogP contribution >= 0.6 is 0 Å². The molecule has 128 valence electrons. The number of rotatable bonds is 4. The number of hydrogen-bond acceptors (Lipinski definition) is 2. The first-order valence-electron chi connectivity index (χ1n) is 8.99. The van der Waals surface area contributed by atoms with Gasteiger partial charge in [-0.05, 0) is 50.1 Å². The van der Waals surface area contributed by atoms with Crippen molar-refractivity contribution in [2.45, 2.75) is 58.5 Å². The number of carbonyl (C=O) groups is 1. The van der Waals surface area contributed by atoms with Crippen molar-refractivity contribution in [1.29, 1.82) is 0 Å². The zero-order valence-corrected chi connectivity index (χ0v) is 14.5. The minimum absolute atomic E-state index is 0.0437. The highest BCUT2D eigenvalue weighted by Gasteiger charge is 2.20. The number of hydrogen-bond donors (Lipinski definition) is 1. The van der Waals surface area contributed by atoms with Crippen LogP contribution in [-0.4, -0.2) is 16.5 Å². The third-order valence-corrected chi connectivity index (χ3v) is 4.84. The van der Waals surface area contributed by atoms with E-state index in [0.717, 1.165) is 18.2 Å². The monoisotopic (exact) mass is 326 g/mol. The maximum absolute atomic E-state index is 13.0. The summed E-state index contributed by atoms with van der Waals surface area (Å²) in [4.78, 5) is 25.6. The van der Waals surface area contributed by atoms with Crippen LogP contribution < -0.4 is 10.9 Å². The lowest BCUT2D eigenvalue weighted by Crippen LogP contribution is -2.37. The van der Waals surface area contributed by atoms with Crippen molar-refractivity contribution in [3.8, 4) is 0 Å². The molecule has 2 aromatic rings. The van der Waals surface area contributed by atoms with Gasteiger partial charge in [-0.2, -0.15) is 0 Å². The Hall–Kier alpha value is -2.10. The van der Waals surface area contributed by atoms with Gasteiger partial charge >= 0.3 is 0 Å². The Labute approximate surface area is 142 Å². The van der Waals surface area contributed by atoms with Crippen LogP contribution in [0.4, 0.5) is 0 Å². The highest BCUT2D eigenvalue weighted by atomic mass is 16.2. The molecule has 1 fully saturated rings. The molecular weight excluding hydrogens is 300 g/mol. The molecule has 4 nitrogen and oxygen atoms in total. The smallest absolute Gasteiger partial charge is 0.268 e. The second-order valence-corrected chi connectivity index (χ2v) is 7.16. The van der Waals surface area contributed by atoms with Crippen molar-refractivity contribution in [2.75, 3.05) is 0 Å². The first-order chi connectivity index (χ1) is 11.6. The fourth-order valence-corrected chi connectivity index (χ4v) is 3.63. The number of benzene rings is 1. The van der Waals surface area contributed by atoms with Crippen LogP contribution in [0.15, 0.2) is 35.1 Å². The second-order valence-electron chi connectivity index (χ2n) is 7.16. The van der Waals surface area contributed by atoms with Crippen molar-refractivity contribution in [1.82, 2.24) is 9.88 Å². The fourth-order valence-electron chi connectivity index (χ4n) is 3.63. The van der Waals surface area contributed by atoms with Gasteiger partial charge in [-0.1, -0.05) is 37.5 Å². The van der Waals surface area contributed by atoms with Gasteiger partial charge < -0.3 is 9.88 Å². The molecule has 1 aromatic carbocycles. The third kappa shape index (κ3) is 3.53. The lowest BCUT2D eigenvalue weighted by atomic mass is 9.89. The standard InChI is InChI=1S/C20H26N2O2/c1-14(2)21-19(23)18-12-16-10-6-7-11-17(16)20(24)22(18)13-15-8-4-3-5-9-15/h6-7,10-12,14-15H,3-5,8-9,13H2,1-2H3,(H,21,23). The number of carbonyl (C=O) groups excluding carboxylic acids is 1. The zero-order chi connectivity index (χ0) is 17.1. The largest absolute Gasteiger partial charge is 0.349 e. The summed E-state index contributed by atoms with van der Waals surface area (Å²) in [6, 6.07) is 9.42. The average molecular weight is 326 g/mol. The molecule has 1 aliphatic carbocycles. The molecule has 1 heterocycles. The number of amides is 1. The van der Waals surface area contributed by atoms with Gasteiger partial charge in [-0.25, -0.2) is 0 Å². The van der Waals surface area contributed by atoms with E-state index in [-0.39, 0.29) is 17.5 Å². The fraction of sp³-hybridized carbons (Fsp3) is 0.500. The van der Waals surface area contributed by atoms with Crippen molar-refractivity contribution in [3.05, 3.63) is 46.4 Å². The van der Waals surface area contributed by atoms with Gasteiger partial charge in [0.05, 0.1) is 0 Å². The Balaban J connectivity index is 2.06. The van der Waals surface area contributed by atoms with Gasteiger partial charge in [0.1, 0.15) is 5.69 Å². The molecule has 4 heteroatoms. The topological polar surface area (TPSA) is 51.1 Å². The minimum Gasteiger partial charge on any atom is -0.349 e. The predicted molar refractivity (Wildman–Crippen MR) is 97.4 cm³/mol. The van der Waals surface area contributed by atoms with E-state index < -0.39 is 0 Å². The van der Waals surface area contributed by atoms with E-state index in [1.54, 1.807) is 4.57 Å². The molecule has 1 N–H and O–H groups in total. The van der Waals surface area contributed by atoms with Gasteiger partial charge in [0.25, 0.3) is 11.5 Å². The van der Waals surface area contributed by atoms with E-state index in [1.807, 2.05) is 44.2 Å². The molecule has 0 saturated heterocycles. The third-order valence-electron chi connectivity index (χ3n) is 4.84. The molecule has 0 bridgehead atoms. The Morgan fingerprint density at radius 2 is 1.92 bits per heavy atom. The Kier molecular flexibility index (Phi) is 5.03. The molecule has 1 aliphatic rings. The number of pyridine rings is 1. The van der Waals surface area contributed by atoms with Crippen molar-refractivity contribution in [3.63, 3.8) is 0 Å². The van der Waals surface area contributed by atoms with Gasteiger partial charge in [-0.15, -0.1) is 0 Å². The molecule has 1 aromatic heterocycles. The minimum atomic E-state index is -0.163. The number of fused-ring (bicyclic) bond motifs is 1. The molecule has 3 rings (SSSR count). The van der Waals surface area contributed by atoms with Crippen LogP contribution in [0.5, 0.6) is 0 Å². The Morgan fingerprint density at radius 1 is 1.21 bits per heavy atom. The van der Waals surface area contributed by atoms with Crippen molar-refractivity contribution < 1.29 is 4.79 Å². The molecule has 0 unspecified atom stereocenters. The van der Waals surface area contributed by atoms with Crippen LogP contribution in [0.1, 0.15) is 56.4 Å².